The number of rotatable bonds is 3. The molecule has 0 unspecified atom stereocenters. The maximum absolute atomic E-state index is 10.4. The van der Waals surface area contributed by atoms with Crippen LogP contribution in [0.15, 0.2) is 18.2 Å². The van der Waals surface area contributed by atoms with Crippen molar-refractivity contribution in [2.45, 2.75) is 88.2 Å². The van der Waals surface area contributed by atoms with E-state index in [4.69, 9.17) is 9.47 Å². The van der Waals surface area contributed by atoms with Crippen LogP contribution in [-0.4, -0.2) is 68.9 Å². The van der Waals surface area contributed by atoms with E-state index in [1.807, 2.05) is 6.07 Å². The third-order valence-electron chi connectivity index (χ3n) is 8.77. The Kier molecular flexibility index (Phi) is 5.56. The lowest BCUT2D eigenvalue weighted by Crippen LogP contribution is -2.60. The van der Waals surface area contributed by atoms with Gasteiger partial charge in [-0.3, -0.25) is 0 Å². The summed E-state index contributed by atoms with van der Waals surface area (Å²) < 4.78 is 11.9. The molecule has 0 spiro atoms. The summed E-state index contributed by atoms with van der Waals surface area (Å²) in [6.07, 6.45) is -0.206. The van der Waals surface area contributed by atoms with Gasteiger partial charge < -0.3 is 35.0 Å². The Morgan fingerprint density at radius 3 is 2.65 bits per heavy atom. The zero-order chi connectivity index (χ0) is 21.9. The Morgan fingerprint density at radius 2 is 1.87 bits per heavy atom. The van der Waals surface area contributed by atoms with Crippen LogP contribution in [0.5, 0.6) is 5.75 Å². The number of aromatic hydroxyl groups is 1. The van der Waals surface area contributed by atoms with Gasteiger partial charge in [-0.05, 0) is 85.0 Å². The molecule has 5 rings (SSSR count). The maximum atomic E-state index is 10.4. The van der Waals surface area contributed by atoms with Crippen molar-refractivity contribution in [1.82, 2.24) is 0 Å². The molecule has 2 saturated carbocycles. The van der Waals surface area contributed by atoms with Crippen LogP contribution in [0.1, 0.15) is 56.1 Å². The second kappa shape index (κ2) is 7.97. The Hall–Kier alpha value is -1.22. The highest BCUT2D eigenvalue weighted by Crippen LogP contribution is 2.61. The highest BCUT2D eigenvalue weighted by atomic mass is 16.7. The molecule has 1 aliphatic heterocycles. The standard InChI is InChI=1S/C24H34O7/c1-24-9-8-15-14-5-3-13(26)10-12(14)2-4-16(15)17(24)6-7-19(24)31-23-22(29)21(28)20(27)18(11-25)30-23/h3,5,10,15-23,25-29H,2,4,6-9,11H2,1H3/t15-,16-,17+,18+,19+,20-,21-,22-,23-,24+/m1/s1. The molecule has 0 amide bonds. The fraction of sp³-hybridized carbons (Fsp3) is 0.750. The predicted octanol–water partition coefficient (Wildman–Crippen LogP) is 1.43. The van der Waals surface area contributed by atoms with Crippen LogP contribution in [0.2, 0.25) is 0 Å². The maximum Gasteiger partial charge on any atom is 0.186 e. The van der Waals surface area contributed by atoms with E-state index in [-0.39, 0.29) is 11.5 Å². The van der Waals surface area contributed by atoms with Gasteiger partial charge in [0.25, 0.3) is 0 Å². The summed E-state index contributed by atoms with van der Waals surface area (Å²) >= 11 is 0. The van der Waals surface area contributed by atoms with E-state index >= 15 is 0 Å². The van der Waals surface area contributed by atoms with Crippen molar-refractivity contribution in [3.63, 3.8) is 0 Å². The van der Waals surface area contributed by atoms with Crippen molar-refractivity contribution in [2.75, 3.05) is 6.61 Å². The summed E-state index contributed by atoms with van der Waals surface area (Å²) in [6.45, 7) is 1.83. The number of hydrogen-bond donors (Lipinski definition) is 5. The van der Waals surface area contributed by atoms with Gasteiger partial charge in [-0.15, -0.1) is 0 Å². The summed E-state index contributed by atoms with van der Waals surface area (Å²) in [5.41, 5.74) is 2.61. The molecule has 0 bridgehead atoms. The number of benzene rings is 1. The molecular weight excluding hydrogens is 400 g/mol. The lowest BCUT2D eigenvalue weighted by molar-refractivity contribution is -0.319. The first-order chi connectivity index (χ1) is 14.8. The number of ether oxygens (including phenoxy) is 2. The summed E-state index contributed by atoms with van der Waals surface area (Å²) in [5, 5.41) is 49.9. The molecule has 3 fully saturated rings. The van der Waals surface area contributed by atoms with E-state index in [2.05, 4.69) is 13.0 Å². The minimum Gasteiger partial charge on any atom is -0.508 e. The summed E-state index contributed by atoms with van der Waals surface area (Å²) in [6, 6.07) is 5.81. The minimum absolute atomic E-state index is 0.0472. The first-order valence-electron chi connectivity index (χ1n) is 11.6. The van der Waals surface area contributed by atoms with Gasteiger partial charge in [0.2, 0.25) is 0 Å². The van der Waals surface area contributed by atoms with Crippen molar-refractivity contribution in [3.05, 3.63) is 29.3 Å². The van der Waals surface area contributed by atoms with Crippen LogP contribution >= 0.6 is 0 Å². The van der Waals surface area contributed by atoms with E-state index in [1.165, 1.54) is 11.1 Å². The Balaban J connectivity index is 1.33. The molecular formula is C24H34O7. The van der Waals surface area contributed by atoms with Crippen molar-refractivity contribution in [1.29, 1.82) is 0 Å². The van der Waals surface area contributed by atoms with E-state index in [0.29, 0.717) is 23.5 Å². The molecule has 5 N–H and O–H groups in total. The normalized spacial score (nSPS) is 46.8. The number of phenols is 1. The second-order valence-electron chi connectivity index (χ2n) is 10.2. The highest BCUT2D eigenvalue weighted by Gasteiger charge is 2.57. The van der Waals surface area contributed by atoms with E-state index < -0.39 is 37.3 Å². The van der Waals surface area contributed by atoms with Crippen LogP contribution in [0.3, 0.4) is 0 Å². The molecule has 1 heterocycles. The monoisotopic (exact) mass is 434 g/mol. The number of aliphatic hydroxyl groups excluding tert-OH is 4. The molecule has 10 atom stereocenters. The molecule has 4 aliphatic rings. The third kappa shape index (κ3) is 3.41. The third-order valence-corrected chi connectivity index (χ3v) is 8.77. The predicted molar refractivity (Wildman–Crippen MR) is 111 cm³/mol. The summed E-state index contributed by atoms with van der Waals surface area (Å²) in [4.78, 5) is 0. The van der Waals surface area contributed by atoms with Crippen LogP contribution < -0.4 is 0 Å². The molecule has 31 heavy (non-hydrogen) atoms. The number of hydrogen-bond acceptors (Lipinski definition) is 7. The van der Waals surface area contributed by atoms with E-state index in [1.54, 1.807) is 6.07 Å². The molecule has 1 aromatic rings. The van der Waals surface area contributed by atoms with Gasteiger partial charge >= 0.3 is 0 Å². The van der Waals surface area contributed by atoms with E-state index in [9.17, 15) is 25.5 Å². The van der Waals surface area contributed by atoms with Crippen molar-refractivity contribution >= 4 is 0 Å². The first-order valence-corrected chi connectivity index (χ1v) is 11.6. The zero-order valence-corrected chi connectivity index (χ0v) is 17.9. The van der Waals surface area contributed by atoms with Crippen LogP contribution in [0, 0.1) is 17.3 Å². The number of fused-ring (bicyclic) bond motifs is 5. The largest absolute Gasteiger partial charge is 0.508 e. The minimum atomic E-state index is -1.41. The molecule has 7 nitrogen and oxygen atoms in total. The van der Waals surface area contributed by atoms with Gasteiger partial charge in [0.1, 0.15) is 30.2 Å². The van der Waals surface area contributed by atoms with Crippen LogP contribution in [0.25, 0.3) is 0 Å². The van der Waals surface area contributed by atoms with Gasteiger partial charge in [0.15, 0.2) is 6.29 Å². The van der Waals surface area contributed by atoms with Gasteiger partial charge in [-0.2, -0.15) is 0 Å². The SMILES string of the molecule is C[C@]12CC[C@@H]3c4ccc(O)cc4CC[C@H]3[C@@H]1CC[C@@H]2O[C@H]1O[C@@H](CO)[C@@H](O)[C@@H](O)[C@H]1O. The quantitative estimate of drug-likeness (QED) is 0.488. The van der Waals surface area contributed by atoms with Gasteiger partial charge in [0.05, 0.1) is 12.7 Å². The van der Waals surface area contributed by atoms with Gasteiger partial charge in [-0.25, -0.2) is 0 Å². The highest BCUT2D eigenvalue weighted by molar-refractivity contribution is 5.40. The van der Waals surface area contributed by atoms with Gasteiger partial charge in [-0.1, -0.05) is 13.0 Å². The molecule has 3 aliphatic carbocycles. The molecule has 1 aromatic carbocycles. The molecule has 0 radical (unpaired) electrons. The molecule has 172 valence electrons. The first kappa shape index (κ1) is 21.6. The average molecular weight is 435 g/mol. The fourth-order valence-corrected chi connectivity index (χ4v) is 7.09. The number of aliphatic hydroxyl groups is 4. The van der Waals surface area contributed by atoms with Crippen LogP contribution in [0.4, 0.5) is 0 Å². The lowest BCUT2D eigenvalue weighted by atomic mass is 9.55. The molecule has 7 heteroatoms. The smallest absolute Gasteiger partial charge is 0.186 e. The number of phenolic OH excluding ortho intramolecular Hbond substituents is 1. The van der Waals surface area contributed by atoms with Crippen molar-refractivity contribution < 1.29 is 35.0 Å². The molecule has 1 saturated heterocycles. The Bertz CT molecular complexity index is 813. The lowest BCUT2D eigenvalue weighted by Gasteiger charge is -2.51. The molecule has 0 aromatic heterocycles. The number of aryl methyl sites for hydroxylation is 1. The zero-order valence-electron chi connectivity index (χ0n) is 17.9. The Labute approximate surface area is 182 Å². The van der Waals surface area contributed by atoms with Crippen molar-refractivity contribution in [2.24, 2.45) is 17.3 Å². The van der Waals surface area contributed by atoms with E-state index in [0.717, 1.165) is 38.5 Å². The average Bonchev–Trinajstić information content (AvgIpc) is 3.09. The Morgan fingerprint density at radius 1 is 1.06 bits per heavy atom. The summed E-state index contributed by atoms with van der Waals surface area (Å²) in [7, 11) is 0. The fourth-order valence-electron chi connectivity index (χ4n) is 7.09. The van der Waals surface area contributed by atoms with Gasteiger partial charge in [0, 0.05) is 0 Å². The van der Waals surface area contributed by atoms with Crippen molar-refractivity contribution in [3.8, 4) is 5.75 Å². The summed E-state index contributed by atoms with van der Waals surface area (Å²) in [5.74, 6) is 1.92. The second-order valence-corrected chi connectivity index (χ2v) is 10.2. The topological polar surface area (TPSA) is 120 Å². The van der Waals surface area contributed by atoms with Crippen LogP contribution in [-0.2, 0) is 15.9 Å².